The first-order valence-electron chi connectivity index (χ1n) is 13.0. The second-order valence-electron chi connectivity index (χ2n) is 10.4. The van der Waals surface area contributed by atoms with Crippen LogP contribution in [-0.4, -0.2) is 47.4 Å². The highest BCUT2D eigenvalue weighted by Crippen LogP contribution is 2.29. The minimum atomic E-state index is -0.670. The van der Waals surface area contributed by atoms with Crippen LogP contribution in [0.25, 0.3) is 10.8 Å². The number of hydrogen-bond acceptors (Lipinski definition) is 4. The molecule has 8 heteroatoms. The number of carbonyl (C=O) groups is 2. The van der Waals surface area contributed by atoms with E-state index in [1.807, 2.05) is 67.6 Å². The van der Waals surface area contributed by atoms with Gasteiger partial charge in [-0.3, -0.25) is 9.59 Å². The van der Waals surface area contributed by atoms with Gasteiger partial charge in [0, 0.05) is 50.1 Å². The Bertz CT molecular complexity index is 1610. The summed E-state index contributed by atoms with van der Waals surface area (Å²) in [5.41, 5.74) is 5.07. The van der Waals surface area contributed by atoms with Gasteiger partial charge in [0.1, 0.15) is 6.04 Å². The van der Waals surface area contributed by atoms with Crippen molar-refractivity contribution in [1.29, 1.82) is 0 Å². The van der Waals surface area contributed by atoms with Crippen LogP contribution in [0.4, 0.5) is 16.2 Å². The average molecular weight is 524 g/mol. The fourth-order valence-electron chi connectivity index (χ4n) is 5.29. The number of rotatable bonds is 2. The van der Waals surface area contributed by atoms with Crippen molar-refractivity contribution in [3.8, 4) is 0 Å². The number of aromatic amines is 1. The molecule has 0 spiro atoms. The molecule has 2 atom stereocenters. The Balaban J connectivity index is 1.57. The molecule has 0 saturated carbocycles. The maximum Gasteiger partial charge on any atom is 0.321 e. The average Bonchev–Trinajstić information content (AvgIpc) is 2.91. The van der Waals surface area contributed by atoms with Gasteiger partial charge in [-0.1, -0.05) is 43.3 Å². The summed E-state index contributed by atoms with van der Waals surface area (Å²) >= 11 is 0. The highest BCUT2D eigenvalue weighted by Gasteiger charge is 2.26. The number of pyridine rings is 1. The molecule has 4 aromatic rings. The molecule has 200 valence electrons. The lowest BCUT2D eigenvalue weighted by molar-refractivity contribution is -0.131. The maximum absolute atomic E-state index is 13.9. The van der Waals surface area contributed by atoms with E-state index in [0.717, 1.165) is 27.6 Å². The highest BCUT2D eigenvalue weighted by molar-refractivity contribution is 5.90. The van der Waals surface area contributed by atoms with Gasteiger partial charge >= 0.3 is 6.03 Å². The lowest BCUT2D eigenvalue weighted by atomic mass is 9.92. The molecule has 2 aliphatic rings. The van der Waals surface area contributed by atoms with Crippen LogP contribution in [0.1, 0.15) is 41.1 Å². The number of benzene rings is 3. The van der Waals surface area contributed by atoms with Gasteiger partial charge in [-0.05, 0) is 70.8 Å². The summed E-state index contributed by atoms with van der Waals surface area (Å²) in [6.07, 6.45) is 1.63. The molecule has 3 amide bonds. The summed E-state index contributed by atoms with van der Waals surface area (Å²) in [7, 11) is 3.57. The first-order valence-corrected chi connectivity index (χ1v) is 13.0. The van der Waals surface area contributed by atoms with E-state index in [2.05, 4.69) is 22.5 Å². The van der Waals surface area contributed by atoms with Crippen LogP contribution < -0.4 is 16.2 Å². The summed E-state index contributed by atoms with van der Waals surface area (Å²) in [5.74, 6) is -0.0235. The Morgan fingerprint density at radius 1 is 0.923 bits per heavy atom. The number of urea groups is 1. The standard InChI is InChI=1S/C31H33N5O3/c1-19-14-23-9-11-26(19)20(2)17-36(4)31(39)34-24-7-5-6-21(15-24)18-35(3)30(38)28(23)33-25-10-8-22-12-13-32-29(37)27(22)16-25/h5-16,20,28,33H,17-18H2,1-4H3,(H,32,37)(H,34,39)/t20-,28+/m0/s1. The van der Waals surface area contributed by atoms with Gasteiger partial charge < -0.3 is 25.4 Å². The van der Waals surface area contributed by atoms with Gasteiger partial charge in [0.2, 0.25) is 5.91 Å². The minimum absolute atomic E-state index is 0.0889. The largest absolute Gasteiger partial charge is 0.370 e. The van der Waals surface area contributed by atoms with E-state index in [0.29, 0.717) is 29.9 Å². The summed E-state index contributed by atoms with van der Waals surface area (Å²) in [6.45, 7) is 5.03. The number of hydrogen-bond donors (Lipinski definition) is 3. The fraction of sp³-hybridized carbons (Fsp3) is 0.258. The zero-order valence-electron chi connectivity index (χ0n) is 22.6. The van der Waals surface area contributed by atoms with Gasteiger partial charge in [-0.25, -0.2) is 4.79 Å². The number of amides is 3. The predicted octanol–water partition coefficient (Wildman–Crippen LogP) is 5.23. The van der Waals surface area contributed by atoms with Crippen LogP contribution in [0.2, 0.25) is 0 Å². The molecule has 0 unspecified atom stereocenters. The van der Waals surface area contributed by atoms with Gasteiger partial charge in [0.15, 0.2) is 0 Å². The Morgan fingerprint density at radius 3 is 2.54 bits per heavy atom. The fourth-order valence-corrected chi connectivity index (χ4v) is 5.29. The Kier molecular flexibility index (Phi) is 7.11. The zero-order chi connectivity index (χ0) is 27.7. The Hall–Kier alpha value is -4.59. The third-order valence-corrected chi connectivity index (χ3v) is 7.36. The highest BCUT2D eigenvalue weighted by atomic mass is 16.2. The number of carbonyl (C=O) groups excluding carboxylic acids is 2. The first kappa shape index (κ1) is 26.0. The van der Waals surface area contributed by atoms with Gasteiger partial charge in [-0.15, -0.1) is 0 Å². The van der Waals surface area contributed by atoms with E-state index >= 15 is 0 Å². The molecular weight excluding hydrogens is 490 g/mol. The van der Waals surface area contributed by atoms with Crippen LogP contribution in [0, 0.1) is 6.92 Å². The van der Waals surface area contributed by atoms with Crippen LogP contribution in [0.3, 0.4) is 0 Å². The predicted molar refractivity (Wildman–Crippen MR) is 155 cm³/mol. The van der Waals surface area contributed by atoms with Crippen LogP contribution in [0.15, 0.2) is 77.7 Å². The van der Waals surface area contributed by atoms with E-state index in [4.69, 9.17) is 0 Å². The SMILES string of the molecule is Cc1cc2ccc1[C@@H](C)CN(C)C(=O)Nc1cccc(c1)CN(C)C(=O)[C@@H]2Nc1ccc2cc[nH]c(=O)c2c1. The van der Waals surface area contributed by atoms with E-state index in [1.54, 1.807) is 36.2 Å². The number of aromatic nitrogens is 1. The lowest BCUT2D eigenvalue weighted by Crippen LogP contribution is -2.36. The number of anilines is 2. The monoisotopic (exact) mass is 523 g/mol. The lowest BCUT2D eigenvalue weighted by Gasteiger charge is -2.28. The number of nitrogens with one attached hydrogen (secondary N) is 3. The van der Waals surface area contributed by atoms with Crippen molar-refractivity contribution in [3.05, 3.63) is 106 Å². The molecule has 1 aromatic heterocycles. The molecule has 4 bridgehead atoms. The summed E-state index contributed by atoms with van der Waals surface area (Å²) in [6, 6.07) is 20.2. The number of nitrogens with zero attached hydrogens (tertiary/aromatic N) is 2. The van der Waals surface area contributed by atoms with Crippen molar-refractivity contribution in [2.75, 3.05) is 31.3 Å². The second-order valence-corrected chi connectivity index (χ2v) is 10.4. The summed E-state index contributed by atoms with van der Waals surface area (Å²) in [4.78, 5) is 45.3. The molecule has 39 heavy (non-hydrogen) atoms. The maximum atomic E-state index is 13.9. The Labute approximate surface area is 227 Å². The second kappa shape index (κ2) is 10.6. The minimum Gasteiger partial charge on any atom is -0.370 e. The molecule has 0 radical (unpaired) electrons. The molecular formula is C31H33N5O3. The van der Waals surface area contributed by atoms with E-state index in [1.165, 1.54) is 0 Å². The van der Waals surface area contributed by atoms with Crippen molar-refractivity contribution in [2.24, 2.45) is 0 Å². The quantitative estimate of drug-likeness (QED) is 0.335. The molecule has 2 aliphatic heterocycles. The van der Waals surface area contributed by atoms with Gasteiger partial charge in [-0.2, -0.15) is 0 Å². The number of fused-ring (bicyclic) bond motifs is 10. The van der Waals surface area contributed by atoms with E-state index in [9.17, 15) is 14.4 Å². The van der Waals surface area contributed by atoms with Crippen molar-refractivity contribution in [3.63, 3.8) is 0 Å². The van der Waals surface area contributed by atoms with Gasteiger partial charge in [0.25, 0.3) is 5.56 Å². The zero-order valence-corrected chi connectivity index (χ0v) is 22.6. The molecule has 6 rings (SSSR count). The van der Waals surface area contributed by atoms with Gasteiger partial charge in [0.05, 0.1) is 0 Å². The topological polar surface area (TPSA) is 97.5 Å². The van der Waals surface area contributed by atoms with Crippen molar-refractivity contribution >= 4 is 34.1 Å². The van der Waals surface area contributed by atoms with Crippen molar-refractivity contribution < 1.29 is 9.59 Å². The molecule has 0 aliphatic carbocycles. The van der Waals surface area contributed by atoms with E-state index in [-0.39, 0.29) is 23.4 Å². The van der Waals surface area contributed by atoms with Crippen LogP contribution in [-0.2, 0) is 11.3 Å². The number of aryl methyl sites for hydroxylation is 1. The van der Waals surface area contributed by atoms with Crippen LogP contribution >= 0.6 is 0 Å². The molecule has 8 nitrogen and oxygen atoms in total. The normalized spacial score (nSPS) is 18.4. The van der Waals surface area contributed by atoms with Crippen molar-refractivity contribution in [2.45, 2.75) is 32.4 Å². The van der Waals surface area contributed by atoms with Crippen LogP contribution in [0.5, 0.6) is 0 Å². The third kappa shape index (κ3) is 5.50. The molecule has 3 N–H and O–H groups in total. The first-order chi connectivity index (χ1) is 18.7. The van der Waals surface area contributed by atoms with Crippen molar-refractivity contribution in [1.82, 2.24) is 14.8 Å². The summed E-state index contributed by atoms with van der Waals surface area (Å²) in [5, 5.41) is 7.77. The molecule has 3 aromatic carbocycles. The van der Waals surface area contributed by atoms with E-state index < -0.39 is 6.04 Å². The molecule has 3 heterocycles. The number of H-pyrrole nitrogens is 1. The summed E-state index contributed by atoms with van der Waals surface area (Å²) < 4.78 is 0. The molecule has 0 saturated heterocycles. The Morgan fingerprint density at radius 2 is 1.74 bits per heavy atom. The number of likely N-dealkylation sites (N-methyl/N-ethyl adjacent to an activating group) is 2. The third-order valence-electron chi connectivity index (χ3n) is 7.36. The molecule has 0 fully saturated rings. The smallest absolute Gasteiger partial charge is 0.321 e.